The van der Waals surface area contributed by atoms with Crippen LogP contribution in [0.3, 0.4) is 0 Å². The van der Waals surface area contributed by atoms with Crippen molar-refractivity contribution in [2.75, 3.05) is 20.2 Å². The van der Waals surface area contributed by atoms with Crippen molar-refractivity contribution in [2.45, 2.75) is 19.3 Å². The Bertz CT molecular complexity index is 786. The van der Waals surface area contributed by atoms with Gasteiger partial charge in [-0.15, -0.1) is 0 Å². The van der Waals surface area contributed by atoms with Crippen molar-refractivity contribution < 1.29 is 28.7 Å². The van der Waals surface area contributed by atoms with E-state index in [-0.39, 0.29) is 44.2 Å². The van der Waals surface area contributed by atoms with Crippen LogP contribution in [0.4, 0.5) is 0 Å². The standard InChI is InChI=1S/C18H19N3O6/c1-27-18(26)11-9-14(22)19-21(10-11)15(23)7-4-8-20-16(24)12-5-2-3-6-13(12)17(20)25/h2-3,5-6,11H,4,7-10H2,1H3,(H,19,22). The van der Waals surface area contributed by atoms with E-state index >= 15 is 0 Å². The molecule has 1 fully saturated rings. The first-order valence-corrected chi connectivity index (χ1v) is 8.55. The molecule has 1 saturated heterocycles. The van der Waals surface area contributed by atoms with E-state index in [9.17, 15) is 24.0 Å². The Labute approximate surface area is 155 Å². The van der Waals surface area contributed by atoms with Crippen LogP contribution in [0.2, 0.25) is 0 Å². The van der Waals surface area contributed by atoms with E-state index < -0.39 is 23.7 Å². The number of carbonyl (C=O) groups excluding carboxylic acids is 5. The molecular weight excluding hydrogens is 354 g/mol. The number of esters is 1. The lowest BCUT2D eigenvalue weighted by molar-refractivity contribution is -0.156. The Morgan fingerprint density at radius 3 is 2.37 bits per heavy atom. The summed E-state index contributed by atoms with van der Waals surface area (Å²) >= 11 is 0. The molecule has 2 heterocycles. The van der Waals surface area contributed by atoms with Gasteiger partial charge in [-0.1, -0.05) is 12.1 Å². The fraction of sp³-hybridized carbons (Fsp3) is 0.389. The monoisotopic (exact) mass is 373 g/mol. The van der Waals surface area contributed by atoms with Crippen molar-refractivity contribution in [3.8, 4) is 0 Å². The van der Waals surface area contributed by atoms with Crippen LogP contribution in [0.5, 0.6) is 0 Å². The predicted octanol–water partition coefficient (Wildman–Crippen LogP) is 0.116. The summed E-state index contributed by atoms with van der Waals surface area (Å²) < 4.78 is 4.63. The third-order valence-electron chi connectivity index (χ3n) is 4.58. The van der Waals surface area contributed by atoms with E-state index in [1.807, 2.05) is 0 Å². The van der Waals surface area contributed by atoms with Gasteiger partial charge in [0.1, 0.15) is 0 Å². The van der Waals surface area contributed by atoms with E-state index in [0.29, 0.717) is 11.1 Å². The van der Waals surface area contributed by atoms with E-state index in [0.717, 1.165) is 9.91 Å². The van der Waals surface area contributed by atoms with Gasteiger partial charge in [0.25, 0.3) is 11.8 Å². The maximum atomic E-state index is 12.3. The highest BCUT2D eigenvalue weighted by atomic mass is 16.5. The average molecular weight is 373 g/mol. The van der Waals surface area contributed by atoms with E-state index in [1.165, 1.54) is 7.11 Å². The molecule has 1 unspecified atom stereocenters. The smallest absolute Gasteiger partial charge is 0.311 e. The van der Waals surface area contributed by atoms with Crippen molar-refractivity contribution >= 4 is 29.6 Å². The Morgan fingerprint density at radius 1 is 1.15 bits per heavy atom. The number of rotatable bonds is 5. The summed E-state index contributed by atoms with van der Waals surface area (Å²) in [5.41, 5.74) is 3.14. The minimum Gasteiger partial charge on any atom is -0.469 e. The Balaban J connectivity index is 1.54. The number of imide groups is 1. The predicted molar refractivity (Wildman–Crippen MR) is 91.0 cm³/mol. The van der Waals surface area contributed by atoms with Gasteiger partial charge in [0.05, 0.1) is 30.7 Å². The number of amides is 4. The first-order valence-electron chi connectivity index (χ1n) is 8.55. The lowest BCUT2D eigenvalue weighted by atomic mass is 10.0. The minimum atomic E-state index is -0.705. The van der Waals surface area contributed by atoms with Gasteiger partial charge in [-0.25, -0.2) is 0 Å². The number of hydrogen-bond acceptors (Lipinski definition) is 6. The summed E-state index contributed by atoms with van der Waals surface area (Å²) in [5, 5.41) is 1.09. The van der Waals surface area contributed by atoms with E-state index in [2.05, 4.69) is 10.2 Å². The van der Waals surface area contributed by atoms with Gasteiger partial charge < -0.3 is 4.74 Å². The number of hydrazine groups is 1. The summed E-state index contributed by atoms with van der Waals surface area (Å²) in [6.07, 6.45) is 0.229. The molecule has 0 spiro atoms. The van der Waals surface area contributed by atoms with Crippen LogP contribution < -0.4 is 5.43 Å². The summed E-state index contributed by atoms with van der Waals surface area (Å²) in [5.74, 6) is -2.84. The van der Waals surface area contributed by atoms with Gasteiger partial charge in [0, 0.05) is 19.4 Å². The van der Waals surface area contributed by atoms with Crippen molar-refractivity contribution in [1.82, 2.24) is 15.3 Å². The van der Waals surface area contributed by atoms with Crippen LogP contribution in [0.25, 0.3) is 0 Å². The third kappa shape index (κ3) is 3.67. The molecular formula is C18H19N3O6. The molecule has 9 nitrogen and oxygen atoms in total. The summed E-state index contributed by atoms with van der Waals surface area (Å²) in [6.45, 7) is 0.130. The van der Waals surface area contributed by atoms with Crippen molar-refractivity contribution in [3.05, 3.63) is 35.4 Å². The van der Waals surface area contributed by atoms with Gasteiger partial charge in [-0.2, -0.15) is 0 Å². The molecule has 142 valence electrons. The number of benzene rings is 1. The molecule has 0 radical (unpaired) electrons. The quantitative estimate of drug-likeness (QED) is 0.579. The molecule has 3 rings (SSSR count). The first-order chi connectivity index (χ1) is 12.9. The fourth-order valence-electron chi connectivity index (χ4n) is 3.20. The number of ether oxygens (including phenoxy) is 1. The SMILES string of the molecule is COC(=O)C1CC(=O)NN(C(=O)CCCN2C(=O)c3ccccc3C2=O)C1. The summed E-state index contributed by atoms with van der Waals surface area (Å²) in [7, 11) is 1.23. The summed E-state index contributed by atoms with van der Waals surface area (Å²) in [4.78, 5) is 61.3. The number of nitrogens with one attached hydrogen (secondary N) is 1. The first kappa shape index (κ1) is 18.6. The fourth-order valence-corrected chi connectivity index (χ4v) is 3.20. The number of fused-ring (bicyclic) bond motifs is 1. The number of carbonyl (C=O) groups is 5. The molecule has 1 aromatic rings. The lowest BCUT2D eigenvalue weighted by Crippen LogP contribution is -2.54. The third-order valence-corrected chi connectivity index (χ3v) is 4.58. The molecule has 0 aromatic heterocycles. The zero-order valence-corrected chi connectivity index (χ0v) is 14.8. The van der Waals surface area contributed by atoms with Crippen LogP contribution in [0, 0.1) is 5.92 Å². The van der Waals surface area contributed by atoms with Crippen molar-refractivity contribution in [1.29, 1.82) is 0 Å². The largest absolute Gasteiger partial charge is 0.469 e. The van der Waals surface area contributed by atoms with Crippen molar-refractivity contribution in [3.63, 3.8) is 0 Å². The second kappa shape index (κ2) is 7.56. The highest BCUT2D eigenvalue weighted by Crippen LogP contribution is 2.23. The second-order valence-electron chi connectivity index (χ2n) is 6.37. The molecule has 1 atom stereocenters. The van der Waals surface area contributed by atoms with E-state index in [4.69, 9.17) is 0 Å². The lowest BCUT2D eigenvalue weighted by Gasteiger charge is -2.31. The normalized spacial score (nSPS) is 19.0. The average Bonchev–Trinajstić information content (AvgIpc) is 2.91. The maximum Gasteiger partial charge on any atom is 0.311 e. The number of nitrogens with zero attached hydrogens (tertiary/aromatic N) is 2. The molecule has 0 bridgehead atoms. The molecule has 0 aliphatic carbocycles. The van der Waals surface area contributed by atoms with Gasteiger partial charge >= 0.3 is 5.97 Å². The van der Waals surface area contributed by atoms with Crippen molar-refractivity contribution in [2.24, 2.45) is 5.92 Å². The molecule has 2 aliphatic heterocycles. The zero-order valence-electron chi connectivity index (χ0n) is 14.8. The Morgan fingerprint density at radius 2 is 1.78 bits per heavy atom. The van der Waals surface area contributed by atoms with Gasteiger partial charge in [-0.05, 0) is 18.6 Å². The molecule has 1 N–H and O–H groups in total. The van der Waals surface area contributed by atoms with Crippen LogP contribution >= 0.6 is 0 Å². The summed E-state index contributed by atoms with van der Waals surface area (Å²) in [6, 6.07) is 6.56. The van der Waals surface area contributed by atoms with E-state index in [1.54, 1.807) is 24.3 Å². The van der Waals surface area contributed by atoms with Crippen LogP contribution in [0.15, 0.2) is 24.3 Å². The number of hydrogen-bond donors (Lipinski definition) is 1. The van der Waals surface area contributed by atoms with Gasteiger partial charge in [-0.3, -0.25) is 39.3 Å². The number of methoxy groups -OCH3 is 1. The molecule has 9 heteroatoms. The Hall–Kier alpha value is -3.23. The Kier molecular flexibility index (Phi) is 5.20. The van der Waals surface area contributed by atoms with Gasteiger partial charge in [0.15, 0.2) is 0 Å². The van der Waals surface area contributed by atoms with Crippen LogP contribution in [-0.4, -0.2) is 59.7 Å². The molecule has 0 saturated carbocycles. The molecule has 4 amide bonds. The van der Waals surface area contributed by atoms with Crippen LogP contribution in [-0.2, 0) is 19.1 Å². The van der Waals surface area contributed by atoms with Gasteiger partial charge in [0.2, 0.25) is 11.8 Å². The minimum absolute atomic E-state index is 0.0155. The molecule has 27 heavy (non-hydrogen) atoms. The maximum absolute atomic E-state index is 12.3. The molecule has 2 aliphatic rings. The second-order valence-corrected chi connectivity index (χ2v) is 6.37. The topological polar surface area (TPSA) is 113 Å². The van der Waals surface area contributed by atoms with Crippen LogP contribution in [0.1, 0.15) is 40.0 Å². The zero-order chi connectivity index (χ0) is 19.6. The molecule has 1 aromatic carbocycles. The highest BCUT2D eigenvalue weighted by molar-refractivity contribution is 6.21. The highest BCUT2D eigenvalue weighted by Gasteiger charge is 2.36.